The predicted octanol–water partition coefficient (Wildman–Crippen LogP) is 3.84. The number of ether oxygens (including phenoxy) is 1. The maximum Gasteiger partial charge on any atom is 0.234 e. The first-order valence-electron chi connectivity index (χ1n) is 8.49. The summed E-state index contributed by atoms with van der Waals surface area (Å²) in [4.78, 5) is 12.0. The molecule has 2 aromatic rings. The third-order valence-corrected chi connectivity index (χ3v) is 4.18. The molecule has 0 fully saturated rings. The van der Waals surface area contributed by atoms with Gasteiger partial charge in [0, 0.05) is 24.2 Å². The highest BCUT2D eigenvalue weighted by Gasteiger charge is 2.07. The number of nitrogens with one attached hydrogen (secondary N) is 2. The summed E-state index contributed by atoms with van der Waals surface area (Å²) < 4.78 is 5.37. The van der Waals surface area contributed by atoms with E-state index in [1.807, 2.05) is 62.4 Å². The van der Waals surface area contributed by atoms with Gasteiger partial charge >= 0.3 is 0 Å². The second kappa shape index (κ2) is 10.2. The first kappa shape index (κ1) is 19.4. The highest BCUT2D eigenvalue weighted by Crippen LogP contribution is 2.15. The van der Waals surface area contributed by atoms with Gasteiger partial charge in [-0.05, 0) is 42.7 Å². The zero-order chi connectivity index (χ0) is 18.1. The van der Waals surface area contributed by atoms with E-state index in [2.05, 4.69) is 10.6 Å². The summed E-state index contributed by atoms with van der Waals surface area (Å²) in [5, 5.41) is 6.85. The molecular weight excluding hydrogens is 336 g/mol. The summed E-state index contributed by atoms with van der Waals surface area (Å²) >= 11 is 5.89. The fourth-order valence-electron chi connectivity index (χ4n) is 2.35. The Labute approximate surface area is 154 Å². The van der Waals surface area contributed by atoms with Crippen LogP contribution in [0.5, 0.6) is 0 Å². The van der Waals surface area contributed by atoms with Crippen molar-refractivity contribution in [2.24, 2.45) is 0 Å². The van der Waals surface area contributed by atoms with Gasteiger partial charge in [0.25, 0.3) is 0 Å². The van der Waals surface area contributed by atoms with Crippen molar-refractivity contribution < 1.29 is 9.53 Å². The van der Waals surface area contributed by atoms with Crippen LogP contribution in [-0.2, 0) is 22.7 Å². The molecule has 25 heavy (non-hydrogen) atoms. The number of rotatable bonds is 9. The van der Waals surface area contributed by atoms with E-state index in [1.54, 1.807) is 0 Å². The predicted molar refractivity (Wildman–Crippen MR) is 101 cm³/mol. The molecule has 0 radical (unpaired) electrons. The number of halogens is 1. The van der Waals surface area contributed by atoms with Gasteiger partial charge in [-0.2, -0.15) is 0 Å². The molecule has 134 valence electrons. The molecule has 4 nitrogen and oxygen atoms in total. The standard InChI is InChI=1S/C20H25ClN2O2/c1-3-25-14-17-6-4-16(5-7-17)12-23-20(24)13-22-15(2)18-8-10-19(21)11-9-18/h4-11,15,22H,3,12-14H2,1-2H3,(H,23,24). The number of benzene rings is 2. The van der Waals surface area contributed by atoms with E-state index in [1.165, 1.54) is 0 Å². The molecule has 0 aliphatic heterocycles. The van der Waals surface area contributed by atoms with Crippen LogP contribution in [0.2, 0.25) is 5.02 Å². The normalized spacial score (nSPS) is 12.0. The van der Waals surface area contributed by atoms with E-state index in [9.17, 15) is 4.79 Å². The van der Waals surface area contributed by atoms with Gasteiger partial charge in [-0.25, -0.2) is 0 Å². The molecule has 1 unspecified atom stereocenters. The van der Waals surface area contributed by atoms with Gasteiger partial charge in [0.05, 0.1) is 13.2 Å². The van der Waals surface area contributed by atoms with Crippen LogP contribution in [0.25, 0.3) is 0 Å². The van der Waals surface area contributed by atoms with E-state index < -0.39 is 0 Å². The molecule has 2 N–H and O–H groups in total. The van der Waals surface area contributed by atoms with Crippen LogP contribution in [0.1, 0.15) is 36.6 Å². The molecule has 0 aliphatic carbocycles. The highest BCUT2D eigenvalue weighted by atomic mass is 35.5. The molecule has 0 aromatic heterocycles. The summed E-state index contributed by atoms with van der Waals surface area (Å²) in [6, 6.07) is 15.8. The van der Waals surface area contributed by atoms with Gasteiger partial charge in [0.2, 0.25) is 5.91 Å². The van der Waals surface area contributed by atoms with E-state index in [0.717, 1.165) is 16.7 Å². The Bertz CT molecular complexity index is 656. The van der Waals surface area contributed by atoms with Gasteiger partial charge in [0.1, 0.15) is 0 Å². The highest BCUT2D eigenvalue weighted by molar-refractivity contribution is 6.30. The summed E-state index contributed by atoms with van der Waals surface area (Å²) in [6.07, 6.45) is 0. The van der Waals surface area contributed by atoms with Crippen LogP contribution in [0, 0.1) is 0 Å². The van der Waals surface area contributed by atoms with E-state index in [0.29, 0.717) is 24.8 Å². The maximum atomic E-state index is 12.0. The number of hydrogen-bond donors (Lipinski definition) is 2. The molecule has 0 bridgehead atoms. The van der Waals surface area contributed by atoms with Gasteiger partial charge in [-0.15, -0.1) is 0 Å². The molecule has 1 amide bonds. The minimum atomic E-state index is -0.0285. The molecular formula is C20H25ClN2O2. The molecule has 0 aliphatic rings. The van der Waals surface area contributed by atoms with Crippen LogP contribution in [-0.4, -0.2) is 19.1 Å². The lowest BCUT2D eigenvalue weighted by Gasteiger charge is -2.14. The Kier molecular flexibility index (Phi) is 7.92. The van der Waals surface area contributed by atoms with Crippen molar-refractivity contribution in [3.05, 3.63) is 70.2 Å². The smallest absolute Gasteiger partial charge is 0.234 e. The van der Waals surface area contributed by atoms with Gasteiger partial charge in [-0.1, -0.05) is 48.0 Å². The van der Waals surface area contributed by atoms with Gasteiger partial charge in [-0.3, -0.25) is 4.79 Å². The Balaban J connectivity index is 1.72. The zero-order valence-electron chi connectivity index (χ0n) is 14.7. The van der Waals surface area contributed by atoms with Crippen LogP contribution in [0.15, 0.2) is 48.5 Å². The molecule has 0 spiro atoms. The summed E-state index contributed by atoms with van der Waals surface area (Å²) in [5.74, 6) is -0.0285. The number of carbonyl (C=O) groups excluding carboxylic acids is 1. The number of hydrogen-bond acceptors (Lipinski definition) is 3. The molecule has 2 aromatic carbocycles. The van der Waals surface area contributed by atoms with E-state index >= 15 is 0 Å². The summed E-state index contributed by atoms with van der Waals surface area (Å²) in [5.41, 5.74) is 3.30. The second-order valence-electron chi connectivity index (χ2n) is 5.88. The minimum absolute atomic E-state index is 0.0285. The lowest BCUT2D eigenvalue weighted by molar-refractivity contribution is -0.120. The van der Waals surface area contributed by atoms with Crippen LogP contribution in [0.4, 0.5) is 0 Å². The van der Waals surface area contributed by atoms with Crippen LogP contribution in [0.3, 0.4) is 0 Å². The van der Waals surface area contributed by atoms with Crippen molar-refractivity contribution in [2.75, 3.05) is 13.2 Å². The van der Waals surface area contributed by atoms with Crippen LogP contribution >= 0.6 is 11.6 Å². The number of carbonyl (C=O) groups is 1. The fraction of sp³-hybridized carbons (Fsp3) is 0.350. The third kappa shape index (κ3) is 6.86. The van der Waals surface area contributed by atoms with Crippen molar-refractivity contribution in [1.29, 1.82) is 0 Å². The van der Waals surface area contributed by atoms with Crippen molar-refractivity contribution >= 4 is 17.5 Å². The monoisotopic (exact) mass is 360 g/mol. The van der Waals surface area contributed by atoms with Crippen molar-refractivity contribution in [3.8, 4) is 0 Å². The average molecular weight is 361 g/mol. The maximum absolute atomic E-state index is 12.0. The lowest BCUT2D eigenvalue weighted by atomic mass is 10.1. The quantitative estimate of drug-likeness (QED) is 0.714. The molecule has 5 heteroatoms. The topological polar surface area (TPSA) is 50.4 Å². The molecule has 2 rings (SSSR count). The second-order valence-corrected chi connectivity index (χ2v) is 6.32. The Hall–Kier alpha value is -1.88. The average Bonchev–Trinajstić information content (AvgIpc) is 2.64. The molecule has 0 heterocycles. The molecule has 1 atom stereocenters. The third-order valence-electron chi connectivity index (χ3n) is 3.92. The first-order valence-corrected chi connectivity index (χ1v) is 8.87. The molecule has 0 saturated heterocycles. The Morgan fingerprint density at radius 2 is 1.72 bits per heavy atom. The zero-order valence-corrected chi connectivity index (χ0v) is 15.5. The summed E-state index contributed by atoms with van der Waals surface area (Å²) in [6.45, 7) is 6.12. The van der Waals surface area contributed by atoms with E-state index in [4.69, 9.17) is 16.3 Å². The minimum Gasteiger partial charge on any atom is -0.377 e. The van der Waals surface area contributed by atoms with Crippen molar-refractivity contribution in [1.82, 2.24) is 10.6 Å². The van der Waals surface area contributed by atoms with Gasteiger partial charge < -0.3 is 15.4 Å². The SMILES string of the molecule is CCOCc1ccc(CNC(=O)CNC(C)c2ccc(Cl)cc2)cc1. The Morgan fingerprint density at radius 3 is 2.36 bits per heavy atom. The fourth-order valence-corrected chi connectivity index (χ4v) is 2.48. The molecule has 0 saturated carbocycles. The summed E-state index contributed by atoms with van der Waals surface area (Å²) in [7, 11) is 0. The van der Waals surface area contributed by atoms with Crippen molar-refractivity contribution in [2.45, 2.75) is 33.0 Å². The number of amides is 1. The Morgan fingerprint density at radius 1 is 1.08 bits per heavy atom. The lowest BCUT2D eigenvalue weighted by Crippen LogP contribution is -2.34. The van der Waals surface area contributed by atoms with Crippen LogP contribution < -0.4 is 10.6 Å². The van der Waals surface area contributed by atoms with Gasteiger partial charge in [0.15, 0.2) is 0 Å². The van der Waals surface area contributed by atoms with E-state index in [-0.39, 0.29) is 18.5 Å². The van der Waals surface area contributed by atoms with Crippen molar-refractivity contribution in [3.63, 3.8) is 0 Å². The first-order chi connectivity index (χ1) is 12.1. The largest absolute Gasteiger partial charge is 0.377 e.